The van der Waals surface area contributed by atoms with E-state index in [1.54, 1.807) is 0 Å². The molecule has 166 valence electrons. The number of hydroxylamine groups is 4. The van der Waals surface area contributed by atoms with Crippen molar-refractivity contribution in [2.24, 2.45) is 0 Å². The van der Waals surface area contributed by atoms with Gasteiger partial charge in [0.05, 0.1) is 0 Å². The third kappa shape index (κ3) is 21.1. The number of unbranched alkanes of at least 4 members (excludes halogenated alkanes) is 5. The molecule has 2 fully saturated rings. The molecule has 0 bridgehead atoms. The Morgan fingerprint density at radius 1 is 0.536 bits per heavy atom. The lowest BCUT2D eigenvalue weighted by molar-refractivity contribution is -0.138. The van der Waals surface area contributed by atoms with Gasteiger partial charge in [-0.2, -0.15) is 10.1 Å². The molecule has 0 amide bonds. The predicted octanol–water partition coefficient (Wildman–Crippen LogP) is 4.00. The van der Waals surface area contributed by atoms with Gasteiger partial charge in [0.1, 0.15) is 0 Å². The van der Waals surface area contributed by atoms with Crippen molar-refractivity contribution < 1.29 is 30.2 Å². The topological polar surface area (TPSA) is 122 Å². The molecule has 0 aromatic rings. The van der Waals surface area contributed by atoms with Crippen LogP contribution < -0.4 is 0 Å². The van der Waals surface area contributed by atoms with Gasteiger partial charge in [0, 0.05) is 39.0 Å². The van der Waals surface area contributed by atoms with Gasteiger partial charge < -0.3 is 20.6 Å². The van der Waals surface area contributed by atoms with E-state index >= 15 is 0 Å². The molecule has 0 saturated carbocycles. The first-order valence-corrected chi connectivity index (χ1v) is 10.7. The number of carboxylic acid groups (broad SMARTS) is 2. The second kappa shape index (κ2) is 19.1. The fourth-order valence-corrected chi connectivity index (χ4v) is 3.01. The minimum absolute atomic E-state index is 0.245. The number of rotatable bonds is 9. The van der Waals surface area contributed by atoms with Crippen molar-refractivity contribution in [1.82, 2.24) is 10.1 Å². The molecule has 2 saturated heterocycles. The van der Waals surface area contributed by atoms with Crippen molar-refractivity contribution in [3.8, 4) is 0 Å². The van der Waals surface area contributed by atoms with Crippen LogP contribution in [-0.4, -0.2) is 68.9 Å². The zero-order chi connectivity index (χ0) is 21.0. The maximum absolute atomic E-state index is 10.1. The number of hydrogen-bond donors (Lipinski definition) is 4. The highest BCUT2D eigenvalue weighted by atomic mass is 16.5. The molecule has 0 unspecified atom stereocenters. The summed E-state index contributed by atoms with van der Waals surface area (Å²) in [4.78, 5) is 20.3. The average molecular weight is 405 g/mol. The molecular formula is C20H40N2O6. The van der Waals surface area contributed by atoms with Crippen molar-refractivity contribution in [1.29, 1.82) is 0 Å². The molecular weight excluding hydrogens is 364 g/mol. The highest BCUT2D eigenvalue weighted by Gasteiger charge is 2.05. The Morgan fingerprint density at radius 3 is 1.04 bits per heavy atom. The second-order valence-electron chi connectivity index (χ2n) is 7.44. The van der Waals surface area contributed by atoms with Crippen LogP contribution in [0.15, 0.2) is 0 Å². The van der Waals surface area contributed by atoms with E-state index in [0.29, 0.717) is 0 Å². The fourth-order valence-electron chi connectivity index (χ4n) is 3.01. The summed E-state index contributed by atoms with van der Waals surface area (Å²) < 4.78 is 0. The zero-order valence-corrected chi connectivity index (χ0v) is 17.2. The molecule has 8 heteroatoms. The Labute approximate surface area is 169 Å². The molecule has 8 nitrogen and oxygen atoms in total. The third-order valence-corrected chi connectivity index (χ3v) is 4.70. The summed E-state index contributed by atoms with van der Waals surface area (Å²) in [6.07, 6.45) is 13.1. The Hall–Kier alpha value is -1.22. The van der Waals surface area contributed by atoms with Crippen LogP contribution in [0.25, 0.3) is 0 Å². The van der Waals surface area contributed by atoms with Crippen molar-refractivity contribution in [2.75, 3.05) is 26.2 Å². The third-order valence-electron chi connectivity index (χ3n) is 4.70. The number of carbonyl (C=O) groups is 2. The molecule has 0 aromatic carbocycles. The maximum Gasteiger partial charge on any atom is 0.303 e. The number of hydrogen-bond acceptors (Lipinski definition) is 6. The first kappa shape index (κ1) is 26.8. The van der Waals surface area contributed by atoms with Gasteiger partial charge in [-0.1, -0.05) is 38.5 Å². The smallest absolute Gasteiger partial charge is 0.303 e. The SMILES string of the molecule is O=C(O)CCCCCCCCC(=O)O.ON1CCCCC1.ON1CCCCC1. The van der Waals surface area contributed by atoms with E-state index in [9.17, 15) is 9.59 Å². The summed E-state index contributed by atoms with van der Waals surface area (Å²) in [5.41, 5.74) is 0. The van der Waals surface area contributed by atoms with Crippen LogP contribution in [0.2, 0.25) is 0 Å². The van der Waals surface area contributed by atoms with Gasteiger partial charge in [-0.15, -0.1) is 0 Å². The number of nitrogens with zero attached hydrogens (tertiary/aromatic N) is 2. The Bertz CT molecular complexity index is 347. The summed E-state index contributed by atoms with van der Waals surface area (Å²) in [6, 6.07) is 0. The van der Waals surface area contributed by atoms with Crippen LogP contribution in [0.5, 0.6) is 0 Å². The number of piperidine rings is 2. The fraction of sp³-hybridized carbons (Fsp3) is 0.900. The largest absolute Gasteiger partial charge is 0.481 e. The van der Waals surface area contributed by atoms with E-state index in [4.69, 9.17) is 20.6 Å². The summed E-state index contributed by atoms with van der Waals surface area (Å²) >= 11 is 0. The van der Waals surface area contributed by atoms with Gasteiger partial charge >= 0.3 is 11.9 Å². The second-order valence-corrected chi connectivity index (χ2v) is 7.44. The molecule has 0 aliphatic carbocycles. The van der Waals surface area contributed by atoms with Crippen molar-refractivity contribution in [3.63, 3.8) is 0 Å². The zero-order valence-electron chi connectivity index (χ0n) is 17.2. The minimum Gasteiger partial charge on any atom is -0.481 e. The van der Waals surface area contributed by atoms with E-state index in [1.165, 1.54) is 23.0 Å². The molecule has 0 radical (unpaired) electrons. The monoisotopic (exact) mass is 404 g/mol. The van der Waals surface area contributed by atoms with Crippen molar-refractivity contribution in [2.45, 2.75) is 89.9 Å². The Morgan fingerprint density at radius 2 is 0.821 bits per heavy atom. The van der Waals surface area contributed by atoms with Gasteiger partial charge in [0.15, 0.2) is 0 Å². The normalized spacial score (nSPS) is 17.6. The first-order chi connectivity index (χ1) is 13.4. The quantitative estimate of drug-likeness (QED) is 0.425. The molecule has 4 N–H and O–H groups in total. The molecule has 2 aliphatic heterocycles. The van der Waals surface area contributed by atoms with Crippen molar-refractivity contribution >= 4 is 11.9 Å². The number of aliphatic carboxylic acids is 2. The van der Waals surface area contributed by atoms with Crippen LogP contribution in [0.3, 0.4) is 0 Å². The van der Waals surface area contributed by atoms with Crippen LogP contribution >= 0.6 is 0 Å². The van der Waals surface area contributed by atoms with E-state index in [-0.39, 0.29) is 12.8 Å². The van der Waals surface area contributed by atoms with Crippen LogP contribution in [0, 0.1) is 0 Å². The molecule has 2 rings (SSSR count). The molecule has 0 atom stereocenters. The minimum atomic E-state index is -0.740. The van der Waals surface area contributed by atoms with Crippen molar-refractivity contribution in [3.05, 3.63) is 0 Å². The molecule has 2 aliphatic rings. The van der Waals surface area contributed by atoms with Gasteiger partial charge in [-0.25, -0.2) is 0 Å². The van der Waals surface area contributed by atoms with Gasteiger partial charge in [-0.3, -0.25) is 9.59 Å². The highest BCUT2D eigenvalue weighted by molar-refractivity contribution is 5.66. The van der Waals surface area contributed by atoms with Crippen LogP contribution in [0.1, 0.15) is 89.9 Å². The first-order valence-electron chi connectivity index (χ1n) is 10.7. The summed E-state index contributed by atoms with van der Waals surface area (Å²) in [5, 5.41) is 37.0. The van der Waals surface area contributed by atoms with Gasteiger partial charge in [0.2, 0.25) is 0 Å². The van der Waals surface area contributed by atoms with E-state index in [0.717, 1.165) is 90.4 Å². The lowest BCUT2D eigenvalue weighted by Crippen LogP contribution is -2.25. The van der Waals surface area contributed by atoms with E-state index < -0.39 is 11.9 Å². The van der Waals surface area contributed by atoms with Gasteiger partial charge in [0.25, 0.3) is 0 Å². The van der Waals surface area contributed by atoms with E-state index in [2.05, 4.69) is 0 Å². The van der Waals surface area contributed by atoms with Crippen LogP contribution in [-0.2, 0) is 9.59 Å². The van der Waals surface area contributed by atoms with Gasteiger partial charge in [-0.05, 0) is 38.5 Å². The summed E-state index contributed by atoms with van der Waals surface area (Å²) in [6.45, 7) is 3.50. The molecule has 0 aromatic heterocycles. The molecule has 0 spiro atoms. The Balaban J connectivity index is 0.000000431. The average Bonchev–Trinajstić information content (AvgIpc) is 2.66. The predicted molar refractivity (Wildman–Crippen MR) is 107 cm³/mol. The van der Waals surface area contributed by atoms with Crippen LogP contribution in [0.4, 0.5) is 0 Å². The number of carboxylic acids is 2. The molecule has 28 heavy (non-hydrogen) atoms. The summed E-state index contributed by atoms with van der Waals surface area (Å²) in [7, 11) is 0. The molecule has 2 heterocycles. The maximum atomic E-state index is 10.1. The Kier molecular flexibility index (Phi) is 18.3. The lowest BCUT2D eigenvalue weighted by atomic mass is 10.1. The highest BCUT2D eigenvalue weighted by Crippen LogP contribution is 2.08. The standard InChI is InChI=1S/C10H18O4.2C5H11NO/c11-9(12)7-5-3-1-2-4-6-8-10(13)14;2*7-6-4-2-1-3-5-6/h1-8H2,(H,11,12)(H,13,14);2*7H,1-5H2. The summed E-state index contributed by atoms with van der Waals surface area (Å²) in [5.74, 6) is -1.48. The van der Waals surface area contributed by atoms with E-state index in [1.807, 2.05) is 0 Å². The lowest BCUT2D eigenvalue weighted by Gasteiger charge is -2.18.